The van der Waals surface area contributed by atoms with Gasteiger partial charge in [-0.05, 0) is 111 Å². The molecule has 0 unspecified atom stereocenters. The molecule has 0 amide bonds. The van der Waals surface area contributed by atoms with Crippen molar-refractivity contribution in [3.8, 4) is 0 Å². The summed E-state index contributed by atoms with van der Waals surface area (Å²) in [4.78, 5) is 26.0. The van der Waals surface area contributed by atoms with Crippen LogP contribution in [0.3, 0.4) is 0 Å². The lowest BCUT2D eigenvalue weighted by molar-refractivity contribution is -0.160. The van der Waals surface area contributed by atoms with Crippen LogP contribution >= 0.6 is 0 Å². The maximum Gasteiger partial charge on any atom is 0.305 e. The van der Waals surface area contributed by atoms with E-state index in [4.69, 9.17) is 8.92 Å². The Hall–Kier alpha value is -1.73. The molecule has 0 saturated heterocycles. The van der Waals surface area contributed by atoms with E-state index in [9.17, 15) is 18.0 Å². The molecule has 7 heteroatoms. The summed E-state index contributed by atoms with van der Waals surface area (Å²) in [6, 6.07) is 6.85. The molecule has 0 spiro atoms. The molecular formula is C32H46O6S. The van der Waals surface area contributed by atoms with Gasteiger partial charge in [-0.25, -0.2) is 0 Å². The molecule has 1 aromatic carbocycles. The first kappa shape index (κ1) is 28.8. The number of ketones is 1. The molecule has 0 bridgehead atoms. The third kappa shape index (κ3) is 5.00. The minimum absolute atomic E-state index is 0.0436. The van der Waals surface area contributed by atoms with E-state index in [1.165, 1.54) is 7.11 Å². The molecule has 39 heavy (non-hydrogen) atoms. The quantitative estimate of drug-likeness (QED) is 0.281. The summed E-state index contributed by atoms with van der Waals surface area (Å²) in [5.41, 5.74) is 0.756. The Labute approximate surface area is 234 Å². The molecule has 5 rings (SSSR count). The van der Waals surface area contributed by atoms with Gasteiger partial charge in [0, 0.05) is 18.3 Å². The zero-order valence-corrected chi connectivity index (χ0v) is 25.1. The van der Waals surface area contributed by atoms with Gasteiger partial charge in [0.25, 0.3) is 10.1 Å². The van der Waals surface area contributed by atoms with E-state index < -0.39 is 10.1 Å². The average Bonchev–Trinajstić information content (AvgIpc) is 3.26. The van der Waals surface area contributed by atoms with Crippen LogP contribution in [0.15, 0.2) is 29.2 Å². The number of hydrogen-bond acceptors (Lipinski definition) is 6. The number of carbonyl (C=O) groups is 2. The van der Waals surface area contributed by atoms with Gasteiger partial charge in [0.2, 0.25) is 0 Å². The van der Waals surface area contributed by atoms with E-state index in [0.717, 1.165) is 50.5 Å². The number of esters is 1. The van der Waals surface area contributed by atoms with Crippen molar-refractivity contribution in [1.82, 2.24) is 0 Å². The third-order valence-corrected chi connectivity index (χ3v) is 13.2. The standard InChI is InChI=1S/C32H46O6S/c1-20-6-10-24(11-7-20)39(35,36)38-23-16-17-31(3)22(18-23)9-12-25-27-14-13-26(21(2)8-15-30(34)37-5)32(27,4)29(33)19-28(25)31/h6-7,10-11,21-23,25-28H,8-9,12-19H2,1-5H3/t21-,22+,23+,25-,26-,27+,28-,31-,32-/m0/s1. The minimum Gasteiger partial charge on any atom is -0.469 e. The van der Waals surface area contributed by atoms with Crippen LogP contribution in [0.2, 0.25) is 0 Å². The SMILES string of the molecule is COC(=O)CC[C@H](C)[C@@H]1CC[C@@H]2[C@@H]3CC[C@@H]4C[C@H](OS(=O)(=O)c5ccc(C)cc5)CC[C@]4(C)[C@H]3CC(=O)[C@]21C. The summed E-state index contributed by atoms with van der Waals surface area (Å²) >= 11 is 0. The smallest absolute Gasteiger partial charge is 0.305 e. The first-order valence-electron chi connectivity index (χ1n) is 15.0. The summed E-state index contributed by atoms with van der Waals surface area (Å²) in [5, 5.41) is 0. The summed E-state index contributed by atoms with van der Waals surface area (Å²) in [6.07, 6.45) is 8.22. The van der Waals surface area contributed by atoms with Crippen LogP contribution in [0, 0.1) is 53.3 Å². The predicted molar refractivity (Wildman–Crippen MR) is 149 cm³/mol. The zero-order chi connectivity index (χ0) is 28.2. The zero-order valence-electron chi connectivity index (χ0n) is 24.3. The molecule has 216 valence electrons. The number of fused-ring (bicyclic) bond motifs is 5. The molecular weight excluding hydrogens is 512 g/mol. The van der Waals surface area contributed by atoms with Crippen molar-refractivity contribution in [1.29, 1.82) is 0 Å². The van der Waals surface area contributed by atoms with Gasteiger partial charge in [-0.15, -0.1) is 0 Å². The fourth-order valence-electron chi connectivity index (χ4n) is 9.54. The summed E-state index contributed by atoms with van der Waals surface area (Å²) in [6.45, 7) is 8.76. The molecule has 0 heterocycles. The number of rotatable bonds is 7. The molecule has 0 aliphatic heterocycles. The van der Waals surface area contributed by atoms with E-state index in [-0.39, 0.29) is 27.8 Å². The Morgan fingerprint density at radius 1 is 1.05 bits per heavy atom. The lowest BCUT2D eigenvalue weighted by Gasteiger charge is -2.60. The number of benzene rings is 1. The van der Waals surface area contributed by atoms with Gasteiger partial charge in [-0.1, -0.05) is 38.5 Å². The third-order valence-electron chi connectivity index (χ3n) is 11.8. The maximum atomic E-state index is 14.0. The van der Waals surface area contributed by atoms with Crippen molar-refractivity contribution in [3.05, 3.63) is 29.8 Å². The van der Waals surface area contributed by atoms with Gasteiger partial charge in [0.15, 0.2) is 0 Å². The van der Waals surface area contributed by atoms with Crippen LogP contribution in [-0.4, -0.2) is 33.4 Å². The van der Waals surface area contributed by atoms with E-state index in [0.29, 0.717) is 60.6 Å². The van der Waals surface area contributed by atoms with E-state index >= 15 is 0 Å². The minimum atomic E-state index is -3.80. The molecule has 6 nitrogen and oxygen atoms in total. The topological polar surface area (TPSA) is 86.7 Å². The number of aryl methyl sites for hydroxylation is 1. The Morgan fingerprint density at radius 3 is 2.46 bits per heavy atom. The molecule has 1 aromatic rings. The molecule has 4 aliphatic carbocycles. The Balaban J connectivity index is 1.28. The first-order valence-corrected chi connectivity index (χ1v) is 16.4. The Bertz CT molecular complexity index is 1190. The normalized spacial score (nSPS) is 38.8. The van der Waals surface area contributed by atoms with Crippen molar-refractivity contribution in [2.45, 2.75) is 103 Å². The second-order valence-electron chi connectivity index (χ2n) is 13.6. The number of ether oxygens (including phenoxy) is 1. The molecule has 4 aliphatic rings. The van der Waals surface area contributed by atoms with Crippen LogP contribution in [0.5, 0.6) is 0 Å². The largest absolute Gasteiger partial charge is 0.469 e. The number of Topliss-reactive ketones (excluding diaryl/α,β-unsaturated/α-hetero) is 1. The first-order chi connectivity index (χ1) is 18.4. The fraction of sp³-hybridized carbons (Fsp3) is 0.750. The van der Waals surface area contributed by atoms with Gasteiger partial charge >= 0.3 is 5.97 Å². The van der Waals surface area contributed by atoms with Crippen LogP contribution in [0.25, 0.3) is 0 Å². The van der Waals surface area contributed by atoms with Crippen molar-refractivity contribution in [2.24, 2.45) is 46.3 Å². The summed E-state index contributed by atoms with van der Waals surface area (Å²) < 4.78 is 36.6. The van der Waals surface area contributed by atoms with E-state index in [1.54, 1.807) is 24.3 Å². The van der Waals surface area contributed by atoms with Gasteiger partial charge in [-0.2, -0.15) is 8.42 Å². The fourth-order valence-corrected chi connectivity index (χ4v) is 10.7. The van der Waals surface area contributed by atoms with Gasteiger partial charge < -0.3 is 4.74 Å². The monoisotopic (exact) mass is 558 g/mol. The second kappa shape index (κ2) is 10.6. The molecule has 9 atom stereocenters. The molecule has 0 radical (unpaired) electrons. The predicted octanol–water partition coefficient (Wildman–Crippen LogP) is 6.50. The highest BCUT2D eigenvalue weighted by molar-refractivity contribution is 7.86. The van der Waals surface area contributed by atoms with Gasteiger partial charge in [0.05, 0.1) is 18.1 Å². The molecule has 0 N–H and O–H groups in total. The lowest BCUT2D eigenvalue weighted by atomic mass is 9.44. The molecule has 0 aromatic heterocycles. The van der Waals surface area contributed by atoms with Crippen molar-refractivity contribution < 1.29 is 26.9 Å². The van der Waals surface area contributed by atoms with Crippen LogP contribution in [-0.2, 0) is 28.6 Å². The maximum absolute atomic E-state index is 14.0. The second-order valence-corrected chi connectivity index (χ2v) is 15.2. The van der Waals surface area contributed by atoms with Crippen LogP contribution in [0.4, 0.5) is 0 Å². The number of hydrogen-bond donors (Lipinski definition) is 0. The molecule has 4 saturated carbocycles. The highest BCUT2D eigenvalue weighted by Crippen LogP contribution is 2.67. The summed E-state index contributed by atoms with van der Waals surface area (Å²) in [7, 11) is -2.36. The van der Waals surface area contributed by atoms with Crippen molar-refractivity contribution in [2.75, 3.05) is 7.11 Å². The highest BCUT2D eigenvalue weighted by atomic mass is 32.2. The van der Waals surface area contributed by atoms with Crippen molar-refractivity contribution in [3.63, 3.8) is 0 Å². The summed E-state index contributed by atoms with van der Waals surface area (Å²) in [5.74, 6) is 2.57. The number of carbonyl (C=O) groups excluding carboxylic acids is 2. The van der Waals surface area contributed by atoms with E-state index in [1.807, 2.05) is 6.92 Å². The number of methoxy groups -OCH3 is 1. The van der Waals surface area contributed by atoms with E-state index in [2.05, 4.69) is 20.8 Å². The van der Waals surface area contributed by atoms with Gasteiger partial charge in [0.1, 0.15) is 5.78 Å². The highest BCUT2D eigenvalue weighted by Gasteiger charge is 2.64. The van der Waals surface area contributed by atoms with Crippen LogP contribution in [0.1, 0.15) is 90.5 Å². The average molecular weight is 559 g/mol. The lowest BCUT2D eigenvalue weighted by Crippen LogP contribution is -2.57. The van der Waals surface area contributed by atoms with Gasteiger partial charge in [-0.3, -0.25) is 13.8 Å². The molecule has 4 fully saturated rings. The van der Waals surface area contributed by atoms with Crippen molar-refractivity contribution >= 4 is 21.9 Å². The van der Waals surface area contributed by atoms with Crippen LogP contribution < -0.4 is 0 Å². The Kier molecular flexibility index (Phi) is 7.82. The Morgan fingerprint density at radius 2 is 1.77 bits per heavy atom.